The molecular weight excluding hydrogens is 238 g/mol. The van der Waals surface area contributed by atoms with Crippen LogP contribution in [0, 0.1) is 6.92 Å². The molecule has 0 N–H and O–H groups in total. The van der Waals surface area contributed by atoms with E-state index in [1.807, 2.05) is 21.8 Å². The molecule has 1 aliphatic heterocycles. The summed E-state index contributed by atoms with van der Waals surface area (Å²) in [6.07, 6.45) is 4.72. The third-order valence-corrected chi connectivity index (χ3v) is 3.86. The predicted molar refractivity (Wildman–Crippen MR) is 74.9 cm³/mol. The highest BCUT2D eigenvalue weighted by Gasteiger charge is 2.17. The predicted octanol–water partition coefficient (Wildman–Crippen LogP) is 2.36. The Morgan fingerprint density at radius 1 is 1.32 bits per heavy atom. The van der Waals surface area contributed by atoms with Crippen molar-refractivity contribution in [3.8, 4) is 0 Å². The number of likely N-dealkylation sites (tertiary alicyclic amines) is 1. The van der Waals surface area contributed by atoms with Crippen LogP contribution in [0.25, 0.3) is 10.9 Å². The van der Waals surface area contributed by atoms with Gasteiger partial charge in [-0.1, -0.05) is 18.2 Å². The summed E-state index contributed by atoms with van der Waals surface area (Å²) in [5.41, 5.74) is 2.36. The monoisotopic (exact) mass is 257 g/mol. The van der Waals surface area contributed by atoms with Gasteiger partial charge in [-0.3, -0.25) is 9.48 Å². The number of para-hydroxylation sites is 1. The fraction of sp³-hybridized carbons (Fsp3) is 0.467. The summed E-state index contributed by atoms with van der Waals surface area (Å²) < 4.78 is 1.96. The highest BCUT2D eigenvalue weighted by Crippen LogP contribution is 2.18. The van der Waals surface area contributed by atoms with Gasteiger partial charge in [0.2, 0.25) is 5.91 Å². The molecule has 4 heteroatoms. The van der Waals surface area contributed by atoms with Gasteiger partial charge in [0, 0.05) is 24.9 Å². The van der Waals surface area contributed by atoms with Crippen molar-refractivity contribution in [1.29, 1.82) is 0 Å². The largest absolute Gasteiger partial charge is 0.343 e. The summed E-state index contributed by atoms with van der Waals surface area (Å²) >= 11 is 0. The van der Waals surface area contributed by atoms with E-state index in [4.69, 9.17) is 0 Å². The van der Waals surface area contributed by atoms with Gasteiger partial charge >= 0.3 is 0 Å². The van der Waals surface area contributed by atoms with Gasteiger partial charge in [-0.2, -0.15) is 5.10 Å². The second-order valence-corrected chi connectivity index (χ2v) is 5.22. The minimum Gasteiger partial charge on any atom is -0.343 e. The van der Waals surface area contributed by atoms with Crippen LogP contribution >= 0.6 is 0 Å². The Bertz CT molecular complexity index is 596. The zero-order valence-electron chi connectivity index (χ0n) is 11.3. The molecule has 1 fully saturated rings. The van der Waals surface area contributed by atoms with Crippen LogP contribution in [0.1, 0.15) is 24.8 Å². The smallest absolute Gasteiger partial charge is 0.224 e. The van der Waals surface area contributed by atoms with Gasteiger partial charge in [0.25, 0.3) is 0 Å². The number of benzene rings is 1. The third kappa shape index (κ3) is 2.35. The lowest BCUT2D eigenvalue weighted by Crippen LogP contribution is -2.28. The molecular formula is C15H19N3O. The van der Waals surface area contributed by atoms with E-state index in [0.717, 1.165) is 36.8 Å². The zero-order valence-corrected chi connectivity index (χ0v) is 11.3. The number of rotatable bonds is 3. The second kappa shape index (κ2) is 5.03. The fourth-order valence-corrected chi connectivity index (χ4v) is 2.82. The molecule has 2 aromatic rings. The van der Waals surface area contributed by atoms with Gasteiger partial charge in [0.15, 0.2) is 0 Å². The maximum Gasteiger partial charge on any atom is 0.224 e. The van der Waals surface area contributed by atoms with Crippen molar-refractivity contribution in [1.82, 2.24) is 14.7 Å². The Hall–Kier alpha value is -1.84. The van der Waals surface area contributed by atoms with E-state index in [9.17, 15) is 4.79 Å². The molecule has 4 nitrogen and oxygen atoms in total. The van der Waals surface area contributed by atoms with Crippen LogP contribution < -0.4 is 0 Å². The molecule has 3 rings (SSSR count). The summed E-state index contributed by atoms with van der Waals surface area (Å²) in [6, 6.07) is 6.19. The summed E-state index contributed by atoms with van der Waals surface area (Å²) in [5.74, 6) is 0.259. The molecule has 1 aromatic heterocycles. The first-order valence-corrected chi connectivity index (χ1v) is 6.94. The molecule has 0 bridgehead atoms. The number of nitrogens with zero attached hydrogens (tertiary/aromatic N) is 3. The summed E-state index contributed by atoms with van der Waals surface area (Å²) in [6.45, 7) is 4.61. The first-order chi connectivity index (χ1) is 9.25. The number of carbonyl (C=O) groups is 1. The topological polar surface area (TPSA) is 38.1 Å². The average Bonchev–Trinajstić information content (AvgIpc) is 3.06. The van der Waals surface area contributed by atoms with Crippen molar-refractivity contribution in [3.05, 3.63) is 30.0 Å². The van der Waals surface area contributed by atoms with Crippen LogP contribution in [0.3, 0.4) is 0 Å². The second-order valence-electron chi connectivity index (χ2n) is 5.22. The number of aromatic nitrogens is 2. The third-order valence-electron chi connectivity index (χ3n) is 3.86. The normalized spacial score (nSPS) is 15.3. The van der Waals surface area contributed by atoms with Gasteiger partial charge in [-0.05, 0) is 25.3 Å². The van der Waals surface area contributed by atoms with Crippen molar-refractivity contribution >= 4 is 16.8 Å². The van der Waals surface area contributed by atoms with Crippen LogP contribution in [0.2, 0.25) is 0 Å². The Morgan fingerprint density at radius 2 is 2.11 bits per heavy atom. The Labute approximate surface area is 113 Å². The average molecular weight is 257 g/mol. The van der Waals surface area contributed by atoms with Gasteiger partial charge in [-0.25, -0.2) is 0 Å². The minimum atomic E-state index is 0.259. The molecule has 0 unspecified atom stereocenters. The molecule has 100 valence electrons. The van der Waals surface area contributed by atoms with Gasteiger partial charge in [0.05, 0.1) is 18.3 Å². The number of fused-ring (bicyclic) bond motifs is 1. The van der Waals surface area contributed by atoms with Gasteiger partial charge < -0.3 is 4.90 Å². The maximum absolute atomic E-state index is 12.0. The highest BCUT2D eigenvalue weighted by molar-refractivity contribution is 5.82. The van der Waals surface area contributed by atoms with E-state index >= 15 is 0 Å². The number of hydrogen-bond donors (Lipinski definition) is 0. The zero-order chi connectivity index (χ0) is 13.2. The van der Waals surface area contributed by atoms with Crippen LogP contribution in [0.15, 0.2) is 24.4 Å². The Kier molecular flexibility index (Phi) is 3.23. The lowest BCUT2D eigenvalue weighted by molar-refractivity contribution is -0.130. The van der Waals surface area contributed by atoms with E-state index in [-0.39, 0.29) is 5.91 Å². The molecule has 1 aromatic carbocycles. The Morgan fingerprint density at radius 3 is 2.89 bits per heavy atom. The molecule has 0 atom stereocenters. The number of hydrogen-bond acceptors (Lipinski definition) is 2. The van der Waals surface area contributed by atoms with Crippen LogP contribution in [-0.4, -0.2) is 33.7 Å². The molecule has 19 heavy (non-hydrogen) atoms. The van der Waals surface area contributed by atoms with Crippen molar-refractivity contribution in [2.24, 2.45) is 0 Å². The maximum atomic E-state index is 12.0. The summed E-state index contributed by atoms with van der Waals surface area (Å²) in [7, 11) is 0. The first kappa shape index (κ1) is 12.2. The summed E-state index contributed by atoms with van der Waals surface area (Å²) in [4.78, 5) is 14.0. The number of aryl methyl sites for hydroxylation is 2. The molecule has 0 spiro atoms. The highest BCUT2D eigenvalue weighted by atomic mass is 16.2. The van der Waals surface area contributed by atoms with E-state index in [1.165, 1.54) is 5.56 Å². The first-order valence-electron chi connectivity index (χ1n) is 6.94. The molecule has 0 radical (unpaired) electrons. The molecule has 0 aliphatic carbocycles. The fourth-order valence-electron chi connectivity index (χ4n) is 2.82. The van der Waals surface area contributed by atoms with Crippen molar-refractivity contribution in [3.63, 3.8) is 0 Å². The SMILES string of the molecule is Cc1cccc2cnn(CCC(=O)N3CCCC3)c12. The summed E-state index contributed by atoms with van der Waals surface area (Å²) in [5, 5.41) is 5.55. The van der Waals surface area contributed by atoms with E-state index in [1.54, 1.807) is 0 Å². The van der Waals surface area contributed by atoms with Crippen LogP contribution in [-0.2, 0) is 11.3 Å². The van der Waals surface area contributed by atoms with E-state index in [2.05, 4.69) is 24.2 Å². The standard InChI is InChI=1S/C15H19N3O/c1-12-5-4-6-13-11-16-18(15(12)13)10-7-14(19)17-8-2-3-9-17/h4-6,11H,2-3,7-10H2,1H3. The molecule has 1 amide bonds. The number of amides is 1. The lowest BCUT2D eigenvalue weighted by Gasteiger charge is -2.15. The lowest BCUT2D eigenvalue weighted by atomic mass is 10.2. The Balaban J connectivity index is 1.73. The molecule has 1 aliphatic rings. The van der Waals surface area contributed by atoms with Crippen LogP contribution in [0.4, 0.5) is 0 Å². The number of carbonyl (C=O) groups excluding carboxylic acids is 1. The minimum absolute atomic E-state index is 0.259. The van der Waals surface area contributed by atoms with Crippen molar-refractivity contribution in [2.45, 2.75) is 32.7 Å². The van der Waals surface area contributed by atoms with Crippen molar-refractivity contribution < 1.29 is 4.79 Å². The van der Waals surface area contributed by atoms with Crippen LogP contribution in [0.5, 0.6) is 0 Å². The van der Waals surface area contributed by atoms with Gasteiger partial charge in [0.1, 0.15) is 0 Å². The molecule has 0 saturated carbocycles. The van der Waals surface area contributed by atoms with E-state index in [0.29, 0.717) is 13.0 Å². The molecule has 2 heterocycles. The van der Waals surface area contributed by atoms with E-state index < -0.39 is 0 Å². The molecule has 1 saturated heterocycles. The quantitative estimate of drug-likeness (QED) is 0.846. The van der Waals surface area contributed by atoms with Gasteiger partial charge in [-0.15, -0.1) is 0 Å². The van der Waals surface area contributed by atoms with Crippen molar-refractivity contribution in [2.75, 3.05) is 13.1 Å².